The monoisotopic (exact) mass is 286 g/mol. The van der Waals surface area contributed by atoms with Crippen LogP contribution in [-0.4, -0.2) is 12.0 Å². The Balaban J connectivity index is 2.16. The van der Waals surface area contributed by atoms with Crippen molar-refractivity contribution in [1.82, 2.24) is 0 Å². The Morgan fingerprint density at radius 3 is 2.62 bits per heavy atom. The minimum absolute atomic E-state index is 0.00836. The average molecular weight is 286 g/mol. The molecule has 0 bridgehead atoms. The molecule has 1 aromatic rings. The van der Waals surface area contributed by atoms with Crippen molar-refractivity contribution in [2.45, 2.75) is 52.6 Å². The fraction of sp³-hybridized carbons (Fsp3) is 0.529. The molecule has 1 aromatic carbocycles. The maximum absolute atomic E-state index is 12.4. The third-order valence-corrected chi connectivity index (χ3v) is 3.99. The number of hydrogen-bond donors (Lipinski definition) is 1. The molecule has 4 nitrogen and oxygen atoms in total. The second-order valence-electron chi connectivity index (χ2n) is 6.21. The van der Waals surface area contributed by atoms with Gasteiger partial charge in [-0.25, -0.2) is 0 Å². The Hall–Kier alpha value is -2.02. The van der Waals surface area contributed by atoms with Crippen LogP contribution >= 0.6 is 0 Å². The van der Waals surface area contributed by atoms with Gasteiger partial charge in [0.15, 0.2) is 0 Å². The Kier molecular flexibility index (Phi) is 4.52. The molecule has 21 heavy (non-hydrogen) atoms. The highest BCUT2D eigenvalue weighted by Crippen LogP contribution is 2.38. The van der Waals surface area contributed by atoms with E-state index in [9.17, 15) is 10.1 Å². The summed E-state index contributed by atoms with van der Waals surface area (Å²) in [5, 5.41) is 12.2. The third kappa shape index (κ3) is 3.55. The second-order valence-corrected chi connectivity index (χ2v) is 6.21. The number of carbonyl (C=O) groups is 1. The molecule has 1 N–H and O–H groups in total. The highest BCUT2D eigenvalue weighted by molar-refractivity contribution is 5.96. The lowest BCUT2D eigenvalue weighted by atomic mass is 9.87. The van der Waals surface area contributed by atoms with E-state index in [0.29, 0.717) is 17.0 Å². The lowest BCUT2D eigenvalue weighted by Crippen LogP contribution is -2.31. The number of nitrogens with zero attached hydrogens (tertiary/aromatic N) is 1. The highest BCUT2D eigenvalue weighted by atomic mass is 16.5. The second kappa shape index (κ2) is 6.17. The molecule has 1 amide bonds. The molecule has 1 fully saturated rings. The van der Waals surface area contributed by atoms with Gasteiger partial charge in [-0.2, -0.15) is 5.26 Å². The van der Waals surface area contributed by atoms with E-state index in [-0.39, 0.29) is 17.4 Å². The zero-order chi connectivity index (χ0) is 15.5. The van der Waals surface area contributed by atoms with Crippen LogP contribution in [0.15, 0.2) is 18.2 Å². The standard InChI is InChI=1S/C17H22N2O2/c1-12(2)21-14-6-7-15(13(10-14)11-18)19-16(20)17(3)8-4-5-9-17/h6-7,10,12H,4-5,8-9H2,1-3H3,(H,19,20). The first kappa shape index (κ1) is 15.4. The first-order chi connectivity index (χ1) is 9.94. The summed E-state index contributed by atoms with van der Waals surface area (Å²) in [4.78, 5) is 12.4. The molecule has 0 radical (unpaired) electrons. The molecule has 0 heterocycles. The number of rotatable bonds is 4. The average Bonchev–Trinajstić information content (AvgIpc) is 2.88. The number of nitrogens with one attached hydrogen (secondary N) is 1. The number of ether oxygens (including phenoxy) is 1. The number of amides is 1. The molecule has 0 aliphatic heterocycles. The van der Waals surface area contributed by atoms with Crippen LogP contribution in [0.5, 0.6) is 5.75 Å². The molecule has 1 saturated carbocycles. The summed E-state index contributed by atoms with van der Waals surface area (Å²) in [7, 11) is 0. The third-order valence-electron chi connectivity index (χ3n) is 3.99. The fourth-order valence-corrected chi connectivity index (χ4v) is 2.73. The Labute approximate surface area is 126 Å². The van der Waals surface area contributed by atoms with Crippen LogP contribution < -0.4 is 10.1 Å². The quantitative estimate of drug-likeness (QED) is 0.914. The van der Waals surface area contributed by atoms with E-state index in [4.69, 9.17) is 4.74 Å². The lowest BCUT2D eigenvalue weighted by Gasteiger charge is -2.22. The Morgan fingerprint density at radius 1 is 1.38 bits per heavy atom. The van der Waals surface area contributed by atoms with Crippen molar-refractivity contribution in [2.75, 3.05) is 5.32 Å². The normalized spacial score (nSPS) is 16.5. The molecule has 2 rings (SSSR count). The SMILES string of the molecule is CC(C)Oc1ccc(NC(=O)C2(C)CCCC2)c(C#N)c1. The minimum atomic E-state index is -0.306. The van der Waals surface area contributed by atoms with E-state index < -0.39 is 0 Å². The van der Waals surface area contributed by atoms with E-state index in [2.05, 4.69) is 11.4 Å². The molecular formula is C17H22N2O2. The molecule has 0 spiro atoms. The molecule has 1 aliphatic rings. The summed E-state index contributed by atoms with van der Waals surface area (Å²) in [6.45, 7) is 5.86. The van der Waals surface area contributed by atoms with Crippen molar-refractivity contribution in [3.8, 4) is 11.8 Å². The number of nitriles is 1. The maximum atomic E-state index is 12.4. The Morgan fingerprint density at radius 2 is 2.05 bits per heavy atom. The number of carbonyl (C=O) groups excluding carboxylic acids is 1. The van der Waals surface area contributed by atoms with Gasteiger partial charge in [-0.1, -0.05) is 19.8 Å². The van der Waals surface area contributed by atoms with Gasteiger partial charge < -0.3 is 10.1 Å². The van der Waals surface area contributed by atoms with Crippen molar-refractivity contribution in [2.24, 2.45) is 5.41 Å². The molecular weight excluding hydrogens is 264 g/mol. The zero-order valence-electron chi connectivity index (χ0n) is 12.9. The molecule has 0 unspecified atom stereocenters. The van der Waals surface area contributed by atoms with Crippen molar-refractivity contribution in [3.05, 3.63) is 23.8 Å². The van der Waals surface area contributed by atoms with E-state index in [1.54, 1.807) is 18.2 Å². The van der Waals surface area contributed by atoms with Gasteiger partial charge in [0.2, 0.25) is 5.91 Å². The smallest absolute Gasteiger partial charge is 0.230 e. The van der Waals surface area contributed by atoms with Crippen LogP contribution in [0.3, 0.4) is 0 Å². The number of hydrogen-bond acceptors (Lipinski definition) is 3. The summed E-state index contributed by atoms with van der Waals surface area (Å²) in [5.41, 5.74) is 0.689. The first-order valence-corrected chi connectivity index (χ1v) is 7.47. The van der Waals surface area contributed by atoms with Crippen LogP contribution in [0.1, 0.15) is 52.0 Å². The maximum Gasteiger partial charge on any atom is 0.230 e. The van der Waals surface area contributed by atoms with Crippen molar-refractivity contribution >= 4 is 11.6 Å². The summed E-state index contributed by atoms with van der Waals surface area (Å²) >= 11 is 0. The summed E-state index contributed by atoms with van der Waals surface area (Å²) < 4.78 is 5.57. The molecule has 0 atom stereocenters. The topological polar surface area (TPSA) is 62.1 Å². The molecule has 0 aromatic heterocycles. The van der Waals surface area contributed by atoms with Crippen LogP contribution in [0, 0.1) is 16.7 Å². The largest absolute Gasteiger partial charge is 0.491 e. The van der Waals surface area contributed by atoms with Crippen molar-refractivity contribution in [3.63, 3.8) is 0 Å². The predicted octanol–water partition coefficient (Wildman–Crippen LogP) is 3.86. The van der Waals surface area contributed by atoms with Gasteiger partial charge in [0.1, 0.15) is 11.8 Å². The van der Waals surface area contributed by atoms with E-state index in [1.165, 1.54) is 0 Å². The van der Waals surface area contributed by atoms with Crippen LogP contribution in [0.25, 0.3) is 0 Å². The predicted molar refractivity (Wildman–Crippen MR) is 82.1 cm³/mol. The fourth-order valence-electron chi connectivity index (χ4n) is 2.73. The number of benzene rings is 1. The molecule has 0 saturated heterocycles. The van der Waals surface area contributed by atoms with E-state index >= 15 is 0 Å². The van der Waals surface area contributed by atoms with Gasteiger partial charge in [0, 0.05) is 11.5 Å². The highest BCUT2D eigenvalue weighted by Gasteiger charge is 2.36. The zero-order valence-corrected chi connectivity index (χ0v) is 12.9. The molecule has 112 valence electrons. The van der Waals surface area contributed by atoms with Crippen LogP contribution in [0.2, 0.25) is 0 Å². The van der Waals surface area contributed by atoms with E-state index in [1.807, 2.05) is 20.8 Å². The minimum Gasteiger partial charge on any atom is -0.491 e. The van der Waals surface area contributed by atoms with Gasteiger partial charge in [-0.3, -0.25) is 4.79 Å². The number of anilines is 1. The van der Waals surface area contributed by atoms with Gasteiger partial charge in [-0.15, -0.1) is 0 Å². The first-order valence-electron chi connectivity index (χ1n) is 7.47. The molecule has 1 aliphatic carbocycles. The lowest BCUT2D eigenvalue weighted by molar-refractivity contribution is -0.124. The molecule has 4 heteroatoms. The van der Waals surface area contributed by atoms with Gasteiger partial charge >= 0.3 is 0 Å². The summed E-state index contributed by atoms with van der Waals surface area (Å²) in [6, 6.07) is 7.32. The van der Waals surface area contributed by atoms with Crippen LogP contribution in [-0.2, 0) is 4.79 Å². The van der Waals surface area contributed by atoms with Crippen molar-refractivity contribution in [1.29, 1.82) is 5.26 Å². The van der Waals surface area contributed by atoms with Gasteiger partial charge in [-0.05, 0) is 38.8 Å². The summed E-state index contributed by atoms with van der Waals surface area (Å²) in [6.07, 6.45) is 4.06. The van der Waals surface area contributed by atoms with Crippen LogP contribution in [0.4, 0.5) is 5.69 Å². The van der Waals surface area contributed by atoms with Gasteiger partial charge in [0.05, 0.1) is 17.4 Å². The van der Waals surface area contributed by atoms with Gasteiger partial charge in [0.25, 0.3) is 0 Å². The summed E-state index contributed by atoms with van der Waals surface area (Å²) in [5.74, 6) is 0.653. The van der Waals surface area contributed by atoms with Crippen molar-refractivity contribution < 1.29 is 9.53 Å². The van der Waals surface area contributed by atoms with E-state index in [0.717, 1.165) is 25.7 Å². The Bertz CT molecular complexity index is 567.